The minimum Gasteiger partial charge on any atom is -0.298 e. The molecular formula is C18H27NO. The molecule has 0 bridgehead atoms. The van der Waals surface area contributed by atoms with Crippen molar-refractivity contribution in [3.63, 3.8) is 0 Å². The molecule has 0 spiro atoms. The fourth-order valence-corrected chi connectivity index (χ4v) is 4.04. The second-order valence-electron chi connectivity index (χ2n) is 6.55. The van der Waals surface area contributed by atoms with Gasteiger partial charge in [-0.1, -0.05) is 45.1 Å². The standard InChI is InChI=1S/C18H27NO/c1-15-10-9-12-16-11-7-5-3-2-4-6-8-13-17(20)18(15,16)14-19/h16H,1-13H2. The molecule has 0 aromatic rings. The molecular weight excluding hydrogens is 246 g/mol. The molecule has 2 nitrogen and oxygen atoms in total. The van der Waals surface area contributed by atoms with Gasteiger partial charge in [-0.25, -0.2) is 0 Å². The van der Waals surface area contributed by atoms with Gasteiger partial charge >= 0.3 is 0 Å². The summed E-state index contributed by atoms with van der Waals surface area (Å²) in [4.78, 5) is 12.7. The van der Waals surface area contributed by atoms with Crippen LogP contribution in [-0.4, -0.2) is 5.78 Å². The van der Waals surface area contributed by atoms with E-state index in [-0.39, 0.29) is 11.7 Å². The molecule has 0 amide bonds. The highest BCUT2D eigenvalue weighted by atomic mass is 16.1. The van der Waals surface area contributed by atoms with Gasteiger partial charge in [0.25, 0.3) is 0 Å². The van der Waals surface area contributed by atoms with E-state index in [9.17, 15) is 10.1 Å². The van der Waals surface area contributed by atoms with E-state index >= 15 is 0 Å². The van der Waals surface area contributed by atoms with Gasteiger partial charge in [0.1, 0.15) is 5.41 Å². The smallest absolute Gasteiger partial charge is 0.157 e. The largest absolute Gasteiger partial charge is 0.298 e. The first kappa shape index (κ1) is 15.3. The van der Waals surface area contributed by atoms with Crippen molar-refractivity contribution in [3.05, 3.63) is 12.2 Å². The van der Waals surface area contributed by atoms with E-state index in [4.69, 9.17) is 0 Å². The number of hydrogen-bond donors (Lipinski definition) is 0. The Morgan fingerprint density at radius 1 is 0.950 bits per heavy atom. The lowest BCUT2D eigenvalue weighted by atomic mass is 9.60. The summed E-state index contributed by atoms with van der Waals surface area (Å²) in [6, 6.07) is 2.42. The first-order valence-corrected chi connectivity index (χ1v) is 8.34. The van der Waals surface area contributed by atoms with E-state index in [2.05, 4.69) is 12.6 Å². The molecule has 2 heteroatoms. The number of fused-ring (bicyclic) bond motifs is 1. The van der Waals surface area contributed by atoms with E-state index in [1.165, 1.54) is 25.7 Å². The number of ketones is 1. The van der Waals surface area contributed by atoms with Crippen molar-refractivity contribution in [1.29, 1.82) is 5.26 Å². The van der Waals surface area contributed by atoms with Crippen LogP contribution in [0.5, 0.6) is 0 Å². The number of nitriles is 1. The minimum atomic E-state index is -0.850. The van der Waals surface area contributed by atoms with Crippen LogP contribution < -0.4 is 0 Å². The van der Waals surface area contributed by atoms with E-state index in [0.29, 0.717) is 6.42 Å². The summed E-state index contributed by atoms with van der Waals surface area (Å²) < 4.78 is 0. The maximum Gasteiger partial charge on any atom is 0.157 e. The SMILES string of the molecule is C=C1CCCC2CCCCCCCCCC(=O)C12C#N. The summed E-state index contributed by atoms with van der Waals surface area (Å²) in [6.07, 6.45) is 12.9. The van der Waals surface area contributed by atoms with Crippen LogP contribution in [0, 0.1) is 22.7 Å². The summed E-state index contributed by atoms with van der Waals surface area (Å²) in [5, 5.41) is 9.79. The van der Waals surface area contributed by atoms with Crippen LogP contribution in [0.15, 0.2) is 12.2 Å². The van der Waals surface area contributed by atoms with Gasteiger partial charge in [-0.15, -0.1) is 0 Å². The maximum atomic E-state index is 12.7. The predicted octanol–water partition coefficient (Wildman–Crippen LogP) is 4.95. The molecule has 2 saturated carbocycles. The monoisotopic (exact) mass is 273 g/mol. The zero-order valence-electron chi connectivity index (χ0n) is 12.6. The van der Waals surface area contributed by atoms with Gasteiger partial charge < -0.3 is 0 Å². The summed E-state index contributed by atoms with van der Waals surface area (Å²) in [6.45, 7) is 4.12. The molecule has 0 saturated heterocycles. The van der Waals surface area contributed by atoms with Crippen LogP contribution in [0.2, 0.25) is 0 Å². The molecule has 0 N–H and O–H groups in total. The Balaban J connectivity index is 2.22. The third-order valence-electron chi connectivity index (χ3n) is 5.27. The predicted molar refractivity (Wildman–Crippen MR) is 81.1 cm³/mol. The van der Waals surface area contributed by atoms with Gasteiger partial charge in [0.2, 0.25) is 0 Å². The molecule has 2 aliphatic carbocycles. The second kappa shape index (κ2) is 7.07. The third kappa shape index (κ3) is 2.97. The molecule has 2 aliphatic rings. The molecule has 0 aromatic carbocycles. The van der Waals surface area contributed by atoms with E-state index in [0.717, 1.165) is 50.5 Å². The van der Waals surface area contributed by atoms with Crippen molar-refractivity contribution in [1.82, 2.24) is 0 Å². The molecule has 110 valence electrons. The van der Waals surface area contributed by atoms with Crippen LogP contribution >= 0.6 is 0 Å². The number of carbonyl (C=O) groups is 1. The Kier molecular flexibility index (Phi) is 5.40. The average molecular weight is 273 g/mol. The molecule has 0 radical (unpaired) electrons. The van der Waals surface area contributed by atoms with Crippen molar-refractivity contribution >= 4 is 5.78 Å². The number of rotatable bonds is 0. The Labute approximate surface area is 123 Å². The van der Waals surface area contributed by atoms with Crippen LogP contribution in [0.25, 0.3) is 0 Å². The Morgan fingerprint density at radius 3 is 2.25 bits per heavy atom. The van der Waals surface area contributed by atoms with Crippen LogP contribution in [-0.2, 0) is 4.79 Å². The third-order valence-corrected chi connectivity index (χ3v) is 5.27. The molecule has 0 aromatic heterocycles. The topological polar surface area (TPSA) is 40.9 Å². The maximum absolute atomic E-state index is 12.7. The van der Waals surface area contributed by atoms with Crippen LogP contribution in [0.1, 0.15) is 77.0 Å². The molecule has 2 rings (SSSR count). The summed E-state index contributed by atoms with van der Waals surface area (Å²) in [7, 11) is 0. The van der Waals surface area contributed by atoms with Gasteiger partial charge in [-0.2, -0.15) is 5.26 Å². The van der Waals surface area contributed by atoms with Crippen LogP contribution in [0.3, 0.4) is 0 Å². The number of Topliss-reactive ketones (excluding diaryl/α,β-unsaturated/α-hetero) is 1. The number of hydrogen-bond acceptors (Lipinski definition) is 2. The molecule has 0 heterocycles. The second-order valence-corrected chi connectivity index (χ2v) is 6.55. The molecule has 2 unspecified atom stereocenters. The summed E-state index contributed by atoms with van der Waals surface area (Å²) in [5.41, 5.74) is 0.0515. The molecule has 2 atom stereocenters. The first-order valence-electron chi connectivity index (χ1n) is 8.34. The normalized spacial score (nSPS) is 33.5. The van der Waals surface area contributed by atoms with Gasteiger partial charge in [0.05, 0.1) is 6.07 Å². The van der Waals surface area contributed by atoms with E-state index in [1.54, 1.807) is 0 Å². The Bertz CT molecular complexity index is 406. The van der Waals surface area contributed by atoms with Gasteiger partial charge in [0, 0.05) is 6.42 Å². The lowest BCUT2D eigenvalue weighted by Crippen LogP contribution is -2.41. The lowest BCUT2D eigenvalue weighted by Gasteiger charge is -2.40. The quantitative estimate of drug-likeness (QED) is 0.586. The molecule has 20 heavy (non-hydrogen) atoms. The average Bonchev–Trinajstić information content (AvgIpc) is 2.44. The Hall–Kier alpha value is -1.10. The fourth-order valence-electron chi connectivity index (χ4n) is 4.04. The zero-order chi connectivity index (χ0) is 14.4. The zero-order valence-corrected chi connectivity index (χ0v) is 12.6. The minimum absolute atomic E-state index is 0.162. The first-order chi connectivity index (χ1) is 9.71. The van der Waals surface area contributed by atoms with Crippen molar-refractivity contribution in [2.75, 3.05) is 0 Å². The van der Waals surface area contributed by atoms with Crippen molar-refractivity contribution < 1.29 is 4.79 Å². The Morgan fingerprint density at radius 2 is 1.55 bits per heavy atom. The molecule has 2 fully saturated rings. The van der Waals surface area contributed by atoms with Gasteiger partial charge in [-0.05, 0) is 43.6 Å². The fraction of sp³-hybridized carbons (Fsp3) is 0.778. The highest BCUT2D eigenvalue weighted by molar-refractivity contribution is 5.91. The van der Waals surface area contributed by atoms with Crippen LogP contribution in [0.4, 0.5) is 0 Å². The van der Waals surface area contributed by atoms with Crippen molar-refractivity contribution in [2.24, 2.45) is 11.3 Å². The van der Waals surface area contributed by atoms with Crippen molar-refractivity contribution in [3.8, 4) is 6.07 Å². The van der Waals surface area contributed by atoms with Gasteiger partial charge in [0.15, 0.2) is 5.78 Å². The van der Waals surface area contributed by atoms with Crippen molar-refractivity contribution in [2.45, 2.75) is 77.0 Å². The number of allylic oxidation sites excluding steroid dienone is 1. The van der Waals surface area contributed by atoms with Gasteiger partial charge in [-0.3, -0.25) is 4.79 Å². The van der Waals surface area contributed by atoms with E-state index < -0.39 is 5.41 Å². The molecule has 0 aliphatic heterocycles. The van der Waals surface area contributed by atoms with E-state index in [1.807, 2.05) is 0 Å². The highest BCUT2D eigenvalue weighted by Crippen LogP contribution is 2.48. The summed E-state index contributed by atoms with van der Waals surface area (Å²) >= 11 is 0. The number of nitrogens with zero attached hydrogens (tertiary/aromatic N) is 1. The lowest BCUT2D eigenvalue weighted by molar-refractivity contribution is -0.127. The summed E-state index contributed by atoms with van der Waals surface area (Å²) in [5.74, 6) is 0.385. The highest BCUT2D eigenvalue weighted by Gasteiger charge is 2.48. The number of carbonyl (C=O) groups excluding carboxylic acids is 1.